The monoisotopic (exact) mass is 267 g/mol. The van der Waals surface area contributed by atoms with Gasteiger partial charge in [0.2, 0.25) is 11.8 Å². The number of carbonyl (C=O) groups excluding carboxylic acids is 2. The Morgan fingerprint density at radius 3 is 2.32 bits per heavy atom. The third kappa shape index (κ3) is 5.31. The molecule has 1 atom stereocenters. The van der Waals surface area contributed by atoms with Gasteiger partial charge in [-0.3, -0.25) is 9.59 Å². The number of nitrogens with zero attached hydrogens (tertiary/aromatic N) is 1. The average Bonchev–Trinajstić information content (AvgIpc) is 3.14. The normalized spacial score (nSPS) is 20.5. The molecule has 19 heavy (non-hydrogen) atoms. The lowest BCUT2D eigenvalue weighted by molar-refractivity contribution is -0.137. The minimum Gasteiger partial charge on any atom is -0.352 e. The second kappa shape index (κ2) is 9.40. The molecule has 1 heterocycles. The molecule has 2 aliphatic rings. The summed E-state index contributed by atoms with van der Waals surface area (Å²) < 4.78 is 0. The van der Waals surface area contributed by atoms with Crippen molar-refractivity contribution in [2.45, 2.75) is 51.6 Å². The van der Waals surface area contributed by atoms with Crippen molar-refractivity contribution in [3.05, 3.63) is 0 Å². The molecule has 0 aromatic carbocycles. The van der Waals surface area contributed by atoms with E-state index in [2.05, 4.69) is 18.2 Å². The van der Waals surface area contributed by atoms with Crippen molar-refractivity contribution in [1.82, 2.24) is 10.2 Å². The van der Waals surface area contributed by atoms with Gasteiger partial charge in [0.05, 0.1) is 6.54 Å². The van der Waals surface area contributed by atoms with Crippen molar-refractivity contribution >= 4 is 11.8 Å². The Morgan fingerprint density at radius 1 is 1.26 bits per heavy atom. The molecule has 0 aromatic rings. The van der Waals surface area contributed by atoms with Gasteiger partial charge in [-0.25, -0.2) is 0 Å². The Morgan fingerprint density at radius 2 is 1.84 bits per heavy atom. The lowest BCUT2D eigenvalue weighted by Crippen LogP contribution is -2.48. The third-order valence-corrected chi connectivity index (χ3v) is 2.97. The summed E-state index contributed by atoms with van der Waals surface area (Å²) in [6, 6.07) is 0.0783. The number of nitrogens with one attached hydrogen (secondary N) is 1. The molecule has 0 unspecified atom stereocenters. The van der Waals surface area contributed by atoms with Crippen molar-refractivity contribution in [1.29, 1.82) is 0 Å². The molecule has 108 valence electrons. The smallest absolute Gasteiger partial charge is 0.243 e. The van der Waals surface area contributed by atoms with Gasteiger partial charge < -0.3 is 16.0 Å². The molecule has 1 saturated heterocycles. The Hall–Kier alpha value is -1.54. The maximum atomic E-state index is 11.8. The van der Waals surface area contributed by atoms with Gasteiger partial charge in [0.15, 0.2) is 0 Å². The van der Waals surface area contributed by atoms with Crippen LogP contribution in [0.4, 0.5) is 0 Å². The molecule has 1 saturated carbocycles. The first-order chi connectivity index (χ1) is 9.22. The molecule has 5 heteroatoms. The van der Waals surface area contributed by atoms with E-state index in [4.69, 9.17) is 5.73 Å². The standard InChI is InChI=1S/C10H17N3O2.C2H6.C2H2/c11-6-9(14)13-5-1-2-8(13)10(15)12-7-3-4-7;2*1-2/h7-8H,1-6,11H2,(H,12,15);1-2H3;1-2H/t8-;;/m0../s1. The lowest BCUT2D eigenvalue weighted by Gasteiger charge is -2.23. The van der Waals surface area contributed by atoms with E-state index >= 15 is 0 Å². The zero-order valence-corrected chi connectivity index (χ0v) is 11.9. The summed E-state index contributed by atoms with van der Waals surface area (Å²) in [6.45, 7) is 4.66. The topological polar surface area (TPSA) is 75.4 Å². The summed E-state index contributed by atoms with van der Waals surface area (Å²) >= 11 is 0. The van der Waals surface area contributed by atoms with Crippen molar-refractivity contribution < 1.29 is 9.59 Å². The van der Waals surface area contributed by atoms with Gasteiger partial charge in [0.25, 0.3) is 0 Å². The molecule has 0 spiro atoms. The number of amides is 2. The van der Waals surface area contributed by atoms with Gasteiger partial charge in [-0.15, -0.1) is 12.8 Å². The highest BCUT2D eigenvalue weighted by molar-refractivity contribution is 5.89. The summed E-state index contributed by atoms with van der Waals surface area (Å²) in [5, 5.41) is 2.93. The molecule has 1 aliphatic carbocycles. The van der Waals surface area contributed by atoms with Crippen LogP contribution in [0.3, 0.4) is 0 Å². The van der Waals surface area contributed by atoms with E-state index < -0.39 is 0 Å². The highest BCUT2D eigenvalue weighted by Crippen LogP contribution is 2.22. The number of terminal acetylenes is 1. The molecule has 0 radical (unpaired) electrons. The predicted molar refractivity (Wildman–Crippen MR) is 76.2 cm³/mol. The highest BCUT2D eigenvalue weighted by Gasteiger charge is 2.35. The lowest BCUT2D eigenvalue weighted by atomic mass is 10.2. The summed E-state index contributed by atoms with van der Waals surface area (Å²) in [4.78, 5) is 24.8. The van der Waals surface area contributed by atoms with Gasteiger partial charge >= 0.3 is 0 Å². The fourth-order valence-corrected chi connectivity index (χ4v) is 1.98. The van der Waals surface area contributed by atoms with Crippen LogP contribution >= 0.6 is 0 Å². The van der Waals surface area contributed by atoms with Crippen LogP contribution in [-0.2, 0) is 9.59 Å². The summed E-state index contributed by atoms with van der Waals surface area (Å²) in [7, 11) is 0. The first-order valence-corrected chi connectivity index (χ1v) is 6.85. The number of hydrogen-bond donors (Lipinski definition) is 2. The maximum Gasteiger partial charge on any atom is 0.243 e. The molecule has 1 aliphatic heterocycles. The van der Waals surface area contributed by atoms with Crippen molar-refractivity contribution in [2.24, 2.45) is 5.73 Å². The van der Waals surface area contributed by atoms with Crippen LogP contribution in [0.2, 0.25) is 0 Å². The second-order valence-electron chi connectivity index (χ2n) is 4.23. The van der Waals surface area contributed by atoms with Crippen molar-refractivity contribution in [3.63, 3.8) is 0 Å². The van der Waals surface area contributed by atoms with E-state index in [9.17, 15) is 9.59 Å². The fourth-order valence-electron chi connectivity index (χ4n) is 1.98. The Kier molecular flexibility index (Phi) is 8.64. The number of nitrogens with two attached hydrogens (primary N) is 1. The van der Waals surface area contributed by atoms with E-state index in [1.54, 1.807) is 4.90 Å². The van der Waals surface area contributed by atoms with E-state index in [1.165, 1.54) is 0 Å². The summed E-state index contributed by atoms with van der Waals surface area (Å²) in [5.74, 6) is -0.125. The molecule has 0 aromatic heterocycles. The number of likely N-dealkylation sites (tertiary alicyclic amines) is 1. The van der Waals surface area contributed by atoms with Crippen LogP contribution in [0.5, 0.6) is 0 Å². The van der Waals surface area contributed by atoms with Crippen LogP contribution in [0.15, 0.2) is 0 Å². The van der Waals surface area contributed by atoms with E-state index in [-0.39, 0.29) is 24.4 Å². The van der Waals surface area contributed by atoms with Gasteiger partial charge in [-0.1, -0.05) is 13.8 Å². The predicted octanol–water partition coefficient (Wildman–Crippen LogP) is 0.490. The molecule has 0 bridgehead atoms. The number of carbonyl (C=O) groups is 2. The molecular weight excluding hydrogens is 242 g/mol. The molecule has 5 nitrogen and oxygen atoms in total. The van der Waals surface area contributed by atoms with Gasteiger partial charge in [0, 0.05) is 12.6 Å². The van der Waals surface area contributed by atoms with Crippen molar-refractivity contribution in [3.8, 4) is 12.8 Å². The first-order valence-electron chi connectivity index (χ1n) is 6.85. The van der Waals surface area contributed by atoms with E-state index in [0.717, 1.165) is 25.7 Å². The number of rotatable bonds is 3. The molecule has 2 rings (SSSR count). The van der Waals surface area contributed by atoms with Crippen LogP contribution in [0, 0.1) is 12.8 Å². The summed E-state index contributed by atoms with van der Waals surface area (Å²) in [6.07, 6.45) is 11.8. The Balaban J connectivity index is 0.000000741. The van der Waals surface area contributed by atoms with E-state index in [0.29, 0.717) is 12.6 Å². The molecule has 3 N–H and O–H groups in total. The quantitative estimate of drug-likeness (QED) is 0.731. The average molecular weight is 267 g/mol. The Labute approximate surface area is 115 Å². The molecular formula is C14H25N3O2. The van der Waals surface area contributed by atoms with Gasteiger partial charge in [-0.05, 0) is 25.7 Å². The van der Waals surface area contributed by atoms with Crippen molar-refractivity contribution in [2.75, 3.05) is 13.1 Å². The zero-order chi connectivity index (χ0) is 14.8. The minimum absolute atomic E-state index is 0.00296. The fraction of sp³-hybridized carbons (Fsp3) is 0.714. The van der Waals surface area contributed by atoms with Crippen LogP contribution in [0.1, 0.15) is 39.5 Å². The SMILES string of the molecule is C#C.CC.NCC(=O)N1CCC[C@H]1C(=O)NC1CC1. The minimum atomic E-state index is -0.276. The highest BCUT2D eigenvalue weighted by atomic mass is 16.2. The Bertz CT molecular complexity index is 311. The largest absolute Gasteiger partial charge is 0.352 e. The van der Waals surface area contributed by atoms with E-state index in [1.807, 2.05) is 13.8 Å². The maximum absolute atomic E-state index is 11.8. The summed E-state index contributed by atoms with van der Waals surface area (Å²) in [5.41, 5.74) is 5.30. The van der Waals surface area contributed by atoms with Crippen LogP contribution in [-0.4, -0.2) is 41.9 Å². The first kappa shape index (κ1) is 17.5. The number of hydrogen-bond acceptors (Lipinski definition) is 3. The molecule has 2 fully saturated rings. The van der Waals surface area contributed by atoms with Crippen LogP contribution < -0.4 is 11.1 Å². The van der Waals surface area contributed by atoms with Gasteiger partial charge in [0.1, 0.15) is 6.04 Å². The zero-order valence-electron chi connectivity index (χ0n) is 11.9. The van der Waals surface area contributed by atoms with Gasteiger partial charge in [-0.2, -0.15) is 0 Å². The second-order valence-corrected chi connectivity index (χ2v) is 4.23. The molecule has 2 amide bonds. The van der Waals surface area contributed by atoms with Crippen LogP contribution in [0.25, 0.3) is 0 Å². The third-order valence-electron chi connectivity index (χ3n) is 2.97.